The van der Waals surface area contributed by atoms with Crippen LogP contribution in [-0.4, -0.2) is 0 Å². The molecule has 0 saturated heterocycles. The van der Waals surface area contributed by atoms with Crippen molar-refractivity contribution in [1.82, 2.24) is 0 Å². The van der Waals surface area contributed by atoms with E-state index in [1.54, 1.807) is 0 Å². The van der Waals surface area contributed by atoms with Crippen LogP contribution in [0.25, 0.3) is 12.2 Å². The third-order valence-corrected chi connectivity index (χ3v) is 3.10. The molecular weight excluding hydrogens is 429 g/mol. The Morgan fingerprint density at radius 2 is 0.950 bits per heavy atom. The van der Waals surface area contributed by atoms with E-state index in [0.29, 0.717) is 0 Å². The molecule has 0 aliphatic heterocycles. The van der Waals surface area contributed by atoms with E-state index in [2.05, 4.69) is 87.0 Å². The first-order chi connectivity index (χ1) is 9.86. The zero-order chi connectivity index (χ0) is 14.5. The van der Waals surface area contributed by atoms with Crippen molar-refractivity contribution in [1.29, 1.82) is 0 Å². The molecule has 2 aromatic rings. The van der Waals surface area contributed by atoms with Gasteiger partial charge in [0.25, 0.3) is 0 Å². The van der Waals surface area contributed by atoms with Crippen molar-refractivity contribution in [2.24, 2.45) is 0 Å². The van der Waals surface area contributed by atoms with Crippen LogP contribution in [0.1, 0.15) is 11.1 Å². The quantitative estimate of drug-likeness (QED) is 0.556. The predicted molar refractivity (Wildman–Crippen MR) is 80.6 cm³/mol. The zero-order valence-electron chi connectivity index (χ0n) is 11.1. The third-order valence-electron chi connectivity index (χ3n) is 2.37. The Morgan fingerprint density at radius 1 is 0.600 bits per heavy atom. The topological polar surface area (TPSA) is 0 Å². The van der Waals surface area contributed by atoms with Crippen LogP contribution in [0.2, 0.25) is 9.79 Å². The molecule has 0 aliphatic carbocycles. The Balaban J connectivity index is 0.000000200. The Morgan fingerprint density at radius 3 is 1.25 bits per heavy atom. The van der Waals surface area contributed by atoms with E-state index in [1.165, 1.54) is 11.1 Å². The summed E-state index contributed by atoms with van der Waals surface area (Å²) < 4.78 is 0. The third kappa shape index (κ3) is 8.42. The van der Waals surface area contributed by atoms with Crippen molar-refractivity contribution in [2.75, 3.05) is 0 Å². The molecule has 0 atom stereocenters. The number of hydrogen-bond donors (Lipinski definition) is 0. The monoisotopic (exact) mass is 446 g/mol. The average Bonchev–Trinajstić information content (AvgIpc) is 2.53. The normalized spacial score (nSPS) is 10.6. The zero-order valence-corrected chi connectivity index (χ0v) is 14.2. The molecule has 0 amide bonds. The summed E-state index contributed by atoms with van der Waals surface area (Å²) in [5, 5.41) is 0. The Hall–Kier alpha value is -0.755. The van der Waals surface area contributed by atoms with Gasteiger partial charge in [-0.25, -0.2) is 0 Å². The first-order valence-electron chi connectivity index (χ1n) is 6.33. The van der Waals surface area contributed by atoms with Crippen molar-refractivity contribution in [2.45, 2.75) is 9.79 Å². The van der Waals surface area contributed by atoms with Gasteiger partial charge in [-0.05, 0) is 0 Å². The van der Waals surface area contributed by atoms with Gasteiger partial charge < -0.3 is 0 Å². The van der Waals surface area contributed by atoms with Crippen molar-refractivity contribution >= 4 is 12.2 Å². The minimum absolute atomic E-state index is 0.956. The molecule has 0 aromatic heterocycles. The van der Waals surface area contributed by atoms with Gasteiger partial charge in [-0.2, -0.15) is 0 Å². The second-order valence-electron chi connectivity index (χ2n) is 3.88. The Bertz CT molecular complexity index is 452. The summed E-state index contributed by atoms with van der Waals surface area (Å²) in [5.74, 6) is 0. The molecule has 20 heavy (non-hydrogen) atoms. The molecule has 2 aromatic carbocycles. The summed E-state index contributed by atoms with van der Waals surface area (Å²) in [4.78, 5) is 1.91. The standard InChI is InChI=1S/2C9H9.2Pd/c2*1-2-6-9-7-4-3-5-8-9;;/h2*2-8H,1H2;;/b2*6-2+;;. The van der Waals surface area contributed by atoms with Crippen LogP contribution in [0.4, 0.5) is 0 Å². The van der Waals surface area contributed by atoms with Crippen molar-refractivity contribution in [3.05, 3.63) is 83.9 Å². The van der Waals surface area contributed by atoms with Gasteiger partial charge in [0.15, 0.2) is 0 Å². The minimum atomic E-state index is 0.956. The van der Waals surface area contributed by atoms with Crippen LogP contribution < -0.4 is 0 Å². The van der Waals surface area contributed by atoms with Crippen LogP contribution in [-0.2, 0) is 38.4 Å². The summed E-state index contributed by atoms with van der Waals surface area (Å²) >= 11 is 6.17. The van der Waals surface area contributed by atoms with E-state index in [9.17, 15) is 0 Å². The van der Waals surface area contributed by atoms with E-state index in [4.69, 9.17) is 0 Å². The molecule has 0 spiro atoms. The van der Waals surface area contributed by atoms with Crippen molar-refractivity contribution < 1.29 is 38.4 Å². The Kier molecular flexibility index (Phi) is 10.4. The number of benzene rings is 2. The van der Waals surface area contributed by atoms with Gasteiger partial charge in [-0.3, -0.25) is 0 Å². The molecule has 0 N–H and O–H groups in total. The van der Waals surface area contributed by atoms with Crippen LogP contribution in [0.15, 0.2) is 72.8 Å². The first kappa shape index (κ1) is 17.3. The van der Waals surface area contributed by atoms with Crippen LogP contribution in [0.3, 0.4) is 0 Å². The van der Waals surface area contributed by atoms with Gasteiger partial charge in [0, 0.05) is 0 Å². The van der Waals surface area contributed by atoms with Crippen LogP contribution in [0, 0.1) is 0 Å². The second kappa shape index (κ2) is 12.0. The molecule has 0 heterocycles. The summed E-state index contributed by atoms with van der Waals surface area (Å²) in [6.07, 6.45) is 8.39. The van der Waals surface area contributed by atoms with E-state index in [0.717, 1.165) is 9.79 Å². The fraction of sp³-hybridized carbons (Fsp3) is 0.111. The van der Waals surface area contributed by atoms with E-state index in [1.807, 2.05) is 36.4 Å². The molecule has 0 fully saturated rings. The molecule has 0 bridgehead atoms. The van der Waals surface area contributed by atoms with E-state index < -0.39 is 0 Å². The summed E-state index contributed by atoms with van der Waals surface area (Å²) in [6, 6.07) is 20.5. The molecule has 0 aliphatic rings. The fourth-order valence-corrected chi connectivity index (χ4v) is 1.84. The van der Waals surface area contributed by atoms with Crippen molar-refractivity contribution in [3.8, 4) is 0 Å². The maximum atomic E-state index is 3.08. The van der Waals surface area contributed by atoms with Crippen molar-refractivity contribution in [3.63, 3.8) is 0 Å². The molecule has 0 nitrogen and oxygen atoms in total. The Labute approximate surface area is 143 Å². The van der Waals surface area contributed by atoms with Crippen LogP contribution >= 0.6 is 0 Å². The van der Waals surface area contributed by atoms with Gasteiger partial charge in [0.05, 0.1) is 0 Å². The van der Waals surface area contributed by atoms with Gasteiger partial charge >= 0.3 is 144 Å². The molecule has 2 rings (SSSR count). The molecule has 110 valence electrons. The number of rotatable bonds is 4. The molecular formula is C18H18Pd2. The summed E-state index contributed by atoms with van der Waals surface area (Å²) in [5.41, 5.74) is 2.52. The number of allylic oxidation sites excluding steroid dienone is 2. The molecule has 0 radical (unpaired) electrons. The average molecular weight is 447 g/mol. The van der Waals surface area contributed by atoms with Gasteiger partial charge in [0.2, 0.25) is 0 Å². The molecule has 0 unspecified atom stereocenters. The van der Waals surface area contributed by atoms with Gasteiger partial charge in [-0.15, -0.1) is 0 Å². The SMILES string of the molecule is [Pd][CH2]/C=C/c1ccccc1.[Pd][CH2]/C=C/c1ccccc1. The maximum absolute atomic E-state index is 3.08. The number of hydrogen-bond acceptors (Lipinski definition) is 0. The van der Waals surface area contributed by atoms with Gasteiger partial charge in [-0.1, -0.05) is 0 Å². The fourth-order valence-electron chi connectivity index (χ4n) is 1.48. The second-order valence-corrected chi connectivity index (χ2v) is 5.15. The van der Waals surface area contributed by atoms with E-state index in [-0.39, 0.29) is 0 Å². The van der Waals surface area contributed by atoms with Gasteiger partial charge in [0.1, 0.15) is 0 Å². The predicted octanol–water partition coefficient (Wildman–Crippen LogP) is 5.33. The summed E-state index contributed by atoms with van der Waals surface area (Å²) in [6.45, 7) is 0. The van der Waals surface area contributed by atoms with E-state index >= 15 is 0 Å². The first-order valence-corrected chi connectivity index (χ1v) is 8.53. The summed E-state index contributed by atoms with van der Waals surface area (Å²) in [7, 11) is 0. The molecule has 0 saturated carbocycles. The van der Waals surface area contributed by atoms with Crippen LogP contribution in [0.5, 0.6) is 0 Å². The molecule has 2 heteroatoms.